The van der Waals surface area contributed by atoms with Crippen LogP contribution in [0.2, 0.25) is 0 Å². The monoisotopic (exact) mass is 179 g/mol. The standard InChI is InChI=1S/C9H13N3O/c1-12(2)8-6-4-3-5-7(8)9(13)11-10/h3-6H,10H2,1-2H3,(H,11,13). The summed E-state index contributed by atoms with van der Waals surface area (Å²) in [7, 11) is 3.76. The molecule has 0 spiro atoms. The van der Waals surface area contributed by atoms with Gasteiger partial charge in [0.15, 0.2) is 0 Å². The van der Waals surface area contributed by atoms with Gasteiger partial charge in [0.05, 0.1) is 5.56 Å². The predicted octanol–water partition coefficient (Wildman–Crippen LogP) is 0.356. The number of benzene rings is 1. The number of nitrogens with one attached hydrogen (secondary N) is 1. The van der Waals surface area contributed by atoms with Gasteiger partial charge in [-0.1, -0.05) is 12.1 Å². The number of carbonyl (C=O) groups is 1. The second kappa shape index (κ2) is 3.91. The van der Waals surface area contributed by atoms with Gasteiger partial charge >= 0.3 is 0 Å². The molecule has 1 rings (SSSR count). The van der Waals surface area contributed by atoms with Gasteiger partial charge in [0, 0.05) is 19.8 Å². The van der Waals surface area contributed by atoms with Crippen molar-refractivity contribution in [2.45, 2.75) is 0 Å². The molecular formula is C9H13N3O. The Morgan fingerprint density at radius 2 is 2.00 bits per heavy atom. The largest absolute Gasteiger partial charge is 0.377 e. The Kier molecular flexibility index (Phi) is 2.87. The van der Waals surface area contributed by atoms with Crippen molar-refractivity contribution in [2.75, 3.05) is 19.0 Å². The summed E-state index contributed by atoms with van der Waals surface area (Å²) in [4.78, 5) is 13.1. The van der Waals surface area contributed by atoms with E-state index in [9.17, 15) is 4.79 Å². The number of amides is 1. The summed E-state index contributed by atoms with van der Waals surface area (Å²) >= 11 is 0. The van der Waals surface area contributed by atoms with Gasteiger partial charge in [-0.05, 0) is 12.1 Å². The van der Waals surface area contributed by atoms with Crippen LogP contribution in [0.15, 0.2) is 24.3 Å². The number of nitrogens with two attached hydrogens (primary N) is 1. The van der Waals surface area contributed by atoms with E-state index in [-0.39, 0.29) is 5.91 Å². The molecule has 0 saturated heterocycles. The molecule has 70 valence electrons. The molecule has 4 heteroatoms. The van der Waals surface area contributed by atoms with Crippen LogP contribution in [-0.4, -0.2) is 20.0 Å². The van der Waals surface area contributed by atoms with E-state index >= 15 is 0 Å². The molecule has 1 aromatic carbocycles. The van der Waals surface area contributed by atoms with Crippen molar-refractivity contribution in [2.24, 2.45) is 5.84 Å². The average molecular weight is 179 g/mol. The molecular weight excluding hydrogens is 166 g/mol. The zero-order valence-corrected chi connectivity index (χ0v) is 7.74. The fourth-order valence-electron chi connectivity index (χ4n) is 1.13. The van der Waals surface area contributed by atoms with Crippen molar-refractivity contribution in [3.05, 3.63) is 29.8 Å². The fourth-order valence-corrected chi connectivity index (χ4v) is 1.13. The van der Waals surface area contributed by atoms with Crippen LogP contribution in [0.3, 0.4) is 0 Å². The summed E-state index contributed by atoms with van der Waals surface area (Å²) in [6.07, 6.45) is 0. The third-order valence-corrected chi connectivity index (χ3v) is 1.76. The first-order chi connectivity index (χ1) is 6.16. The number of carbonyl (C=O) groups excluding carboxylic acids is 1. The lowest BCUT2D eigenvalue weighted by molar-refractivity contribution is 0.0954. The van der Waals surface area contributed by atoms with E-state index in [1.807, 2.05) is 31.1 Å². The molecule has 0 aliphatic rings. The quantitative estimate of drug-likeness (QED) is 0.391. The number of hydrogen-bond acceptors (Lipinski definition) is 3. The molecule has 0 heterocycles. The van der Waals surface area contributed by atoms with Crippen LogP contribution >= 0.6 is 0 Å². The maximum absolute atomic E-state index is 11.3. The summed E-state index contributed by atoms with van der Waals surface area (Å²) in [5.41, 5.74) is 3.54. The van der Waals surface area contributed by atoms with E-state index in [0.29, 0.717) is 5.56 Å². The summed E-state index contributed by atoms with van der Waals surface area (Å²) in [5.74, 6) is 4.78. The van der Waals surface area contributed by atoms with E-state index in [2.05, 4.69) is 5.43 Å². The van der Waals surface area contributed by atoms with Gasteiger partial charge in [-0.25, -0.2) is 5.84 Å². The summed E-state index contributed by atoms with van der Waals surface area (Å²) in [6.45, 7) is 0. The molecule has 0 radical (unpaired) electrons. The second-order valence-corrected chi connectivity index (χ2v) is 2.89. The number of hydrazine groups is 1. The second-order valence-electron chi connectivity index (χ2n) is 2.89. The van der Waals surface area contributed by atoms with Crippen LogP contribution in [0.4, 0.5) is 5.69 Å². The highest BCUT2D eigenvalue weighted by Gasteiger charge is 2.09. The minimum Gasteiger partial charge on any atom is -0.377 e. The Labute approximate surface area is 77.3 Å². The first kappa shape index (κ1) is 9.54. The van der Waals surface area contributed by atoms with Crippen molar-refractivity contribution >= 4 is 11.6 Å². The van der Waals surface area contributed by atoms with Gasteiger partial charge in [-0.3, -0.25) is 10.2 Å². The van der Waals surface area contributed by atoms with Crippen molar-refractivity contribution in [1.82, 2.24) is 5.43 Å². The van der Waals surface area contributed by atoms with Crippen molar-refractivity contribution in [3.8, 4) is 0 Å². The van der Waals surface area contributed by atoms with Crippen molar-refractivity contribution in [1.29, 1.82) is 0 Å². The molecule has 0 saturated carbocycles. The molecule has 4 nitrogen and oxygen atoms in total. The van der Waals surface area contributed by atoms with Gasteiger partial charge in [-0.2, -0.15) is 0 Å². The zero-order valence-electron chi connectivity index (χ0n) is 7.74. The highest BCUT2D eigenvalue weighted by molar-refractivity contribution is 5.99. The maximum Gasteiger partial charge on any atom is 0.267 e. The third-order valence-electron chi connectivity index (χ3n) is 1.76. The van der Waals surface area contributed by atoms with Gasteiger partial charge in [0.2, 0.25) is 0 Å². The van der Waals surface area contributed by atoms with Gasteiger partial charge < -0.3 is 4.90 Å². The highest BCUT2D eigenvalue weighted by atomic mass is 16.2. The van der Waals surface area contributed by atoms with Crippen LogP contribution in [0, 0.1) is 0 Å². The molecule has 0 bridgehead atoms. The van der Waals surface area contributed by atoms with Crippen LogP contribution in [0.5, 0.6) is 0 Å². The van der Waals surface area contributed by atoms with E-state index in [1.54, 1.807) is 12.1 Å². The number of hydrogen-bond donors (Lipinski definition) is 2. The Morgan fingerprint density at radius 3 is 2.54 bits per heavy atom. The van der Waals surface area contributed by atoms with E-state index in [4.69, 9.17) is 5.84 Å². The Bertz CT molecular complexity index is 309. The topological polar surface area (TPSA) is 58.4 Å². The first-order valence-corrected chi connectivity index (χ1v) is 3.94. The minimum absolute atomic E-state index is 0.274. The molecule has 0 unspecified atom stereocenters. The number of para-hydroxylation sites is 1. The Balaban J connectivity index is 3.12. The Morgan fingerprint density at radius 1 is 1.38 bits per heavy atom. The van der Waals surface area contributed by atoms with E-state index < -0.39 is 0 Å². The van der Waals surface area contributed by atoms with Crippen molar-refractivity contribution in [3.63, 3.8) is 0 Å². The van der Waals surface area contributed by atoms with Crippen LogP contribution < -0.4 is 16.2 Å². The fraction of sp³-hybridized carbons (Fsp3) is 0.222. The Hall–Kier alpha value is -1.55. The lowest BCUT2D eigenvalue weighted by atomic mass is 10.1. The van der Waals surface area contributed by atoms with Crippen LogP contribution in [0.25, 0.3) is 0 Å². The highest BCUT2D eigenvalue weighted by Crippen LogP contribution is 2.16. The smallest absolute Gasteiger partial charge is 0.267 e. The van der Waals surface area contributed by atoms with E-state index in [1.165, 1.54) is 0 Å². The molecule has 0 fully saturated rings. The number of nitrogen functional groups attached to an aromatic ring is 1. The summed E-state index contributed by atoms with van der Waals surface area (Å²) < 4.78 is 0. The predicted molar refractivity (Wildman–Crippen MR) is 52.4 cm³/mol. The van der Waals surface area contributed by atoms with Gasteiger partial charge in [0.1, 0.15) is 0 Å². The third kappa shape index (κ3) is 1.97. The SMILES string of the molecule is CN(C)c1ccccc1C(=O)NN. The number of rotatable bonds is 2. The van der Waals surface area contributed by atoms with Crippen LogP contribution in [-0.2, 0) is 0 Å². The van der Waals surface area contributed by atoms with Gasteiger partial charge in [0.25, 0.3) is 5.91 Å². The molecule has 13 heavy (non-hydrogen) atoms. The molecule has 1 aromatic rings. The zero-order chi connectivity index (χ0) is 9.84. The molecule has 0 aromatic heterocycles. The molecule has 3 N–H and O–H groups in total. The van der Waals surface area contributed by atoms with Crippen LogP contribution in [0.1, 0.15) is 10.4 Å². The first-order valence-electron chi connectivity index (χ1n) is 3.94. The normalized spacial score (nSPS) is 9.46. The molecule has 1 amide bonds. The molecule has 0 atom stereocenters. The van der Waals surface area contributed by atoms with Gasteiger partial charge in [-0.15, -0.1) is 0 Å². The number of anilines is 1. The molecule has 0 aliphatic carbocycles. The summed E-state index contributed by atoms with van der Waals surface area (Å²) in [5, 5.41) is 0. The summed E-state index contributed by atoms with van der Waals surface area (Å²) in [6, 6.07) is 7.28. The number of nitrogens with zero attached hydrogens (tertiary/aromatic N) is 1. The maximum atomic E-state index is 11.3. The average Bonchev–Trinajstić information content (AvgIpc) is 2.16. The van der Waals surface area contributed by atoms with Crippen molar-refractivity contribution < 1.29 is 4.79 Å². The minimum atomic E-state index is -0.274. The lowest BCUT2D eigenvalue weighted by Gasteiger charge is -2.15. The lowest BCUT2D eigenvalue weighted by Crippen LogP contribution is -2.31. The van der Waals surface area contributed by atoms with E-state index in [0.717, 1.165) is 5.69 Å². The molecule has 0 aliphatic heterocycles.